The summed E-state index contributed by atoms with van der Waals surface area (Å²) in [5.41, 5.74) is 12.0. The third kappa shape index (κ3) is 12.2. The fourth-order valence-corrected chi connectivity index (χ4v) is 9.31. The Balaban J connectivity index is 0.000000216. The number of unbranched alkanes of at least 4 members (excludes halogenated alkanes) is 2. The van der Waals surface area contributed by atoms with Crippen molar-refractivity contribution in [3.63, 3.8) is 0 Å². The minimum absolute atomic E-state index is 0.0310. The van der Waals surface area contributed by atoms with E-state index in [2.05, 4.69) is 38.3 Å². The number of halogens is 2. The number of nitrogens with two attached hydrogens (primary N) is 1. The molecule has 65 heavy (non-hydrogen) atoms. The van der Waals surface area contributed by atoms with Crippen LogP contribution in [0.25, 0.3) is 21.1 Å². The highest BCUT2D eigenvalue weighted by Gasteiger charge is 2.32. The Kier molecular flexibility index (Phi) is 17.3. The maximum absolute atomic E-state index is 14.2. The molecule has 7 rings (SSSR count). The molecule has 6 aromatic rings. The lowest BCUT2D eigenvalue weighted by Crippen LogP contribution is -2.49. The number of carbonyl (C=O) groups is 3. The minimum Gasteiger partial charge on any atom is -0.492 e. The van der Waals surface area contributed by atoms with Crippen molar-refractivity contribution in [2.75, 3.05) is 49.1 Å². The van der Waals surface area contributed by atoms with E-state index in [1.54, 1.807) is 41.3 Å². The number of carbonyl (C=O) groups excluding carboxylic acids is 2. The molecule has 1 aliphatic rings. The van der Waals surface area contributed by atoms with Gasteiger partial charge >= 0.3 is 5.97 Å². The molecule has 3 N–H and O–H groups in total. The van der Waals surface area contributed by atoms with Crippen molar-refractivity contribution < 1.29 is 28.6 Å². The first-order valence-electron chi connectivity index (χ1n) is 21.6. The summed E-state index contributed by atoms with van der Waals surface area (Å²) in [6, 6.07) is 23.2. The standard InChI is InChI=1S/C25H27ClN4O3S.C23H27FN4O2S/c1-3-4-11-30(23(31)20-7-5-6-8-21(20)26)25-28-27-22(34-25)19-10-9-17(12-16(19)2)13-29-14-18(15-29)24(32)33;1-4-5-11-28(22(29)18-8-6-7-9-19(18)24)23-27-26-21(31-23)17-13-15(2)20(16(3)14-17)30-12-10-25/h5-10,12,18H,3-4,11,13-15H2,1-2H3,(H,32,33);6-9,13-14H,4-5,10-12,25H2,1-3H3. The van der Waals surface area contributed by atoms with Crippen LogP contribution in [0.5, 0.6) is 5.75 Å². The molecule has 1 saturated heterocycles. The highest BCUT2D eigenvalue weighted by atomic mass is 35.5. The molecule has 2 amide bonds. The van der Waals surface area contributed by atoms with Crippen LogP contribution in [0.1, 0.15) is 82.5 Å². The third-order valence-electron chi connectivity index (χ3n) is 10.8. The molecule has 0 bridgehead atoms. The van der Waals surface area contributed by atoms with Gasteiger partial charge in [0, 0.05) is 50.4 Å². The van der Waals surface area contributed by atoms with Crippen molar-refractivity contribution in [1.82, 2.24) is 25.3 Å². The first-order valence-corrected chi connectivity index (χ1v) is 23.6. The van der Waals surface area contributed by atoms with E-state index in [1.807, 2.05) is 52.0 Å². The summed E-state index contributed by atoms with van der Waals surface area (Å²) in [7, 11) is 0. The summed E-state index contributed by atoms with van der Waals surface area (Å²) in [5, 5.41) is 29.2. The zero-order valence-electron chi connectivity index (χ0n) is 37.2. The van der Waals surface area contributed by atoms with E-state index < -0.39 is 17.7 Å². The Morgan fingerprint density at radius 3 is 1.94 bits per heavy atom. The molecule has 0 atom stereocenters. The Morgan fingerprint density at radius 1 is 0.800 bits per heavy atom. The van der Waals surface area contributed by atoms with Crippen molar-refractivity contribution in [2.24, 2.45) is 11.7 Å². The van der Waals surface area contributed by atoms with Gasteiger partial charge in [-0.05, 0) is 92.3 Å². The number of hydrogen-bond acceptors (Lipinski definition) is 12. The third-order valence-corrected chi connectivity index (χ3v) is 13.1. The van der Waals surface area contributed by atoms with Crippen LogP contribution < -0.4 is 20.3 Å². The van der Waals surface area contributed by atoms with Crippen LogP contribution in [0.2, 0.25) is 5.02 Å². The number of hydrogen-bond donors (Lipinski definition) is 2. The Labute approximate surface area is 392 Å². The topological polar surface area (TPSA) is 168 Å². The van der Waals surface area contributed by atoms with Crippen molar-refractivity contribution in [1.29, 1.82) is 0 Å². The number of aliphatic carboxylic acids is 1. The van der Waals surface area contributed by atoms with Gasteiger partial charge in [0.15, 0.2) is 0 Å². The number of ether oxygens (including phenoxy) is 1. The second-order valence-electron chi connectivity index (χ2n) is 15.8. The normalized spacial score (nSPS) is 12.6. The van der Waals surface area contributed by atoms with Gasteiger partial charge in [0.1, 0.15) is 28.2 Å². The van der Waals surface area contributed by atoms with Crippen molar-refractivity contribution >= 4 is 62.3 Å². The number of anilines is 2. The van der Waals surface area contributed by atoms with Crippen LogP contribution in [-0.2, 0) is 11.3 Å². The maximum atomic E-state index is 14.2. The zero-order chi connectivity index (χ0) is 46.6. The number of likely N-dealkylation sites (tertiary alicyclic amines) is 1. The lowest BCUT2D eigenvalue weighted by atomic mass is 9.98. The van der Waals surface area contributed by atoms with E-state index >= 15 is 0 Å². The number of aryl methyl sites for hydroxylation is 3. The summed E-state index contributed by atoms with van der Waals surface area (Å²) in [6.07, 6.45) is 3.47. The summed E-state index contributed by atoms with van der Waals surface area (Å²) in [5.74, 6) is -1.30. The molecule has 342 valence electrons. The van der Waals surface area contributed by atoms with Crippen molar-refractivity contribution in [3.8, 4) is 26.9 Å². The molecule has 1 aliphatic heterocycles. The molecule has 1 fully saturated rings. The zero-order valence-corrected chi connectivity index (χ0v) is 39.6. The number of carboxylic acids is 1. The van der Waals surface area contributed by atoms with Gasteiger partial charge in [-0.15, -0.1) is 20.4 Å². The number of nitrogens with zero attached hydrogens (tertiary/aromatic N) is 7. The molecule has 0 unspecified atom stereocenters. The monoisotopic (exact) mass is 940 g/mol. The maximum Gasteiger partial charge on any atom is 0.309 e. The van der Waals surface area contributed by atoms with Gasteiger partial charge in [-0.1, -0.05) is 103 Å². The second-order valence-corrected chi connectivity index (χ2v) is 18.1. The summed E-state index contributed by atoms with van der Waals surface area (Å²) in [4.78, 5) is 42.7. The molecule has 4 aromatic carbocycles. The fourth-order valence-electron chi connectivity index (χ4n) is 7.28. The molecule has 0 spiro atoms. The molecule has 3 heterocycles. The number of carboxylic acid groups (broad SMARTS) is 1. The van der Waals surface area contributed by atoms with E-state index in [4.69, 9.17) is 27.2 Å². The number of rotatable bonds is 18. The fraction of sp³-hybridized carbons (Fsp3) is 0.354. The molecular weight excluding hydrogens is 887 g/mol. The lowest BCUT2D eigenvalue weighted by Gasteiger charge is -2.36. The first kappa shape index (κ1) is 48.8. The van der Waals surface area contributed by atoms with E-state index in [0.717, 1.165) is 76.4 Å². The summed E-state index contributed by atoms with van der Waals surface area (Å²) >= 11 is 8.99. The highest BCUT2D eigenvalue weighted by Crippen LogP contribution is 2.36. The van der Waals surface area contributed by atoms with Crippen LogP contribution >= 0.6 is 34.3 Å². The summed E-state index contributed by atoms with van der Waals surface area (Å²) in [6.45, 7) is 13.9. The molecule has 2 aromatic heterocycles. The highest BCUT2D eigenvalue weighted by molar-refractivity contribution is 7.19. The largest absolute Gasteiger partial charge is 0.492 e. The van der Waals surface area contributed by atoms with Gasteiger partial charge < -0.3 is 15.6 Å². The first-order chi connectivity index (χ1) is 31.3. The van der Waals surface area contributed by atoms with Gasteiger partial charge in [0.25, 0.3) is 11.8 Å². The van der Waals surface area contributed by atoms with E-state index in [0.29, 0.717) is 65.2 Å². The average molecular weight is 942 g/mol. The van der Waals surface area contributed by atoms with E-state index in [1.165, 1.54) is 39.7 Å². The number of aromatic nitrogens is 4. The second kappa shape index (κ2) is 23.0. The molecule has 17 heteroatoms. The molecule has 0 saturated carbocycles. The predicted octanol–water partition coefficient (Wildman–Crippen LogP) is 9.88. The number of benzene rings is 4. The van der Waals surface area contributed by atoms with Crippen LogP contribution in [0.15, 0.2) is 78.9 Å². The Morgan fingerprint density at radius 2 is 1.37 bits per heavy atom. The molecule has 0 radical (unpaired) electrons. The van der Waals surface area contributed by atoms with Crippen LogP contribution in [-0.4, -0.2) is 87.5 Å². The van der Waals surface area contributed by atoms with Crippen LogP contribution in [0.4, 0.5) is 14.7 Å². The smallest absolute Gasteiger partial charge is 0.309 e. The van der Waals surface area contributed by atoms with E-state index in [-0.39, 0.29) is 17.4 Å². The van der Waals surface area contributed by atoms with Gasteiger partial charge in [-0.3, -0.25) is 29.1 Å². The minimum atomic E-state index is -0.726. The lowest BCUT2D eigenvalue weighted by molar-refractivity contribution is -0.147. The molecule has 0 aliphatic carbocycles. The van der Waals surface area contributed by atoms with Crippen molar-refractivity contribution in [3.05, 3.63) is 123 Å². The van der Waals surface area contributed by atoms with Crippen LogP contribution in [0.3, 0.4) is 0 Å². The van der Waals surface area contributed by atoms with Gasteiger partial charge in [0.2, 0.25) is 10.3 Å². The van der Waals surface area contributed by atoms with E-state index in [9.17, 15) is 18.8 Å². The van der Waals surface area contributed by atoms with Crippen molar-refractivity contribution in [2.45, 2.75) is 66.8 Å². The van der Waals surface area contributed by atoms with Gasteiger partial charge in [-0.25, -0.2) is 4.39 Å². The van der Waals surface area contributed by atoms with Gasteiger partial charge in [-0.2, -0.15) is 0 Å². The van der Waals surface area contributed by atoms with Crippen LogP contribution in [0, 0.1) is 32.5 Å². The Bertz CT molecular complexity index is 2580. The quantitative estimate of drug-likeness (QED) is 0.0842. The predicted molar refractivity (Wildman–Crippen MR) is 257 cm³/mol. The molecule has 13 nitrogen and oxygen atoms in total. The SMILES string of the molecule is CCCCN(C(=O)c1ccccc1Cl)c1nnc(-c2ccc(CN3CC(C(=O)O)C3)cc2C)s1.CCCCN(C(=O)c1ccccc1F)c1nnc(-c2cc(C)c(OCCN)c(C)c2)s1. The average Bonchev–Trinajstić information content (AvgIpc) is 3.96. The Hall–Kier alpha value is -5.65. The summed E-state index contributed by atoms with van der Waals surface area (Å²) < 4.78 is 20.0. The molecular formula is C48H54ClFN8O5S2. The van der Waals surface area contributed by atoms with Gasteiger partial charge in [0.05, 0.1) is 22.1 Å². The number of amides is 2.